The van der Waals surface area contributed by atoms with Crippen molar-refractivity contribution < 1.29 is 14.0 Å². The lowest BCUT2D eigenvalue weighted by molar-refractivity contribution is 0.00578. The van der Waals surface area contributed by atoms with Gasteiger partial charge in [0.2, 0.25) is 0 Å². The third kappa shape index (κ3) is 2.31. The molecule has 0 saturated carbocycles. The lowest BCUT2D eigenvalue weighted by Crippen LogP contribution is -2.41. The second-order valence-electron chi connectivity index (χ2n) is 5.48. The molecule has 0 spiro atoms. The molecule has 1 aliphatic rings. The summed E-state index contributed by atoms with van der Waals surface area (Å²) in [7, 11) is 1.31. The molecule has 18 heavy (non-hydrogen) atoms. The number of ether oxygens (including phenoxy) is 1. The summed E-state index contributed by atoms with van der Waals surface area (Å²) < 4.78 is 18.1. The number of rotatable bonds is 2. The van der Waals surface area contributed by atoms with Crippen LogP contribution in [0.25, 0.3) is 0 Å². The first kappa shape index (κ1) is 13.9. The van der Waals surface area contributed by atoms with Crippen molar-refractivity contribution in [2.45, 2.75) is 38.9 Å². The molecular weight excluding hydrogens is 295 g/mol. The van der Waals surface area contributed by atoms with E-state index in [0.29, 0.717) is 0 Å². The van der Waals surface area contributed by atoms with Crippen LogP contribution in [0, 0.1) is 0 Å². The summed E-state index contributed by atoms with van der Waals surface area (Å²) in [6.45, 7) is 8.19. The van der Waals surface area contributed by atoms with Crippen LogP contribution >= 0.6 is 15.9 Å². The van der Waals surface area contributed by atoms with Gasteiger partial charge in [-0.15, -0.1) is 0 Å². The van der Waals surface area contributed by atoms with Gasteiger partial charge < -0.3 is 14.0 Å². The molecule has 1 aromatic carbocycles. The normalized spacial score (nSPS) is 21.1. The monoisotopic (exact) mass is 312 g/mol. The van der Waals surface area contributed by atoms with Crippen molar-refractivity contribution >= 4 is 28.5 Å². The minimum atomic E-state index is -0.336. The SMILES string of the molecule is COc1ccc(B2OC(C)(C)C(C)(C)O2)cc1Br. The van der Waals surface area contributed by atoms with E-state index in [9.17, 15) is 0 Å². The van der Waals surface area contributed by atoms with E-state index in [2.05, 4.69) is 15.9 Å². The van der Waals surface area contributed by atoms with Gasteiger partial charge in [0.1, 0.15) is 5.75 Å². The van der Waals surface area contributed by atoms with E-state index in [1.165, 1.54) is 0 Å². The van der Waals surface area contributed by atoms with E-state index >= 15 is 0 Å². The van der Waals surface area contributed by atoms with Gasteiger partial charge in [-0.2, -0.15) is 0 Å². The molecule has 3 nitrogen and oxygen atoms in total. The summed E-state index contributed by atoms with van der Waals surface area (Å²) >= 11 is 3.48. The molecule has 0 aliphatic carbocycles. The van der Waals surface area contributed by atoms with Crippen molar-refractivity contribution in [1.82, 2.24) is 0 Å². The number of hydrogen-bond donors (Lipinski definition) is 0. The van der Waals surface area contributed by atoms with Crippen LogP contribution in [0.5, 0.6) is 5.75 Å². The Balaban J connectivity index is 2.27. The summed E-state index contributed by atoms with van der Waals surface area (Å²) in [6, 6.07) is 5.84. The van der Waals surface area contributed by atoms with E-state index in [0.717, 1.165) is 15.7 Å². The van der Waals surface area contributed by atoms with Crippen molar-refractivity contribution in [2.24, 2.45) is 0 Å². The lowest BCUT2D eigenvalue weighted by atomic mass is 9.79. The molecule has 1 heterocycles. The fourth-order valence-electron chi connectivity index (χ4n) is 1.81. The predicted molar refractivity (Wildman–Crippen MR) is 76.4 cm³/mol. The van der Waals surface area contributed by atoms with Gasteiger partial charge in [0.15, 0.2) is 0 Å². The molecule has 0 N–H and O–H groups in total. The molecule has 1 saturated heterocycles. The second kappa shape index (κ2) is 4.55. The summed E-state index contributed by atoms with van der Waals surface area (Å²) in [4.78, 5) is 0. The van der Waals surface area contributed by atoms with E-state index in [-0.39, 0.29) is 18.3 Å². The Morgan fingerprint density at radius 3 is 2.11 bits per heavy atom. The van der Waals surface area contributed by atoms with Crippen LogP contribution in [0.4, 0.5) is 0 Å². The molecule has 1 aliphatic heterocycles. The molecule has 0 bridgehead atoms. The average molecular weight is 313 g/mol. The first-order valence-electron chi connectivity index (χ1n) is 5.96. The Labute approximate surface area is 117 Å². The van der Waals surface area contributed by atoms with E-state index in [4.69, 9.17) is 14.0 Å². The molecular formula is C13H18BBrO3. The van der Waals surface area contributed by atoms with E-state index in [1.807, 2.05) is 45.9 Å². The van der Waals surface area contributed by atoms with Gasteiger partial charge in [-0.05, 0) is 61.2 Å². The highest BCUT2D eigenvalue weighted by Gasteiger charge is 2.51. The predicted octanol–water partition coefficient (Wildman–Crippen LogP) is 2.76. The van der Waals surface area contributed by atoms with Crippen LogP contribution < -0.4 is 10.2 Å². The smallest absolute Gasteiger partial charge is 0.494 e. The quantitative estimate of drug-likeness (QED) is 0.786. The van der Waals surface area contributed by atoms with E-state index in [1.54, 1.807) is 7.11 Å². The average Bonchev–Trinajstić information content (AvgIpc) is 2.48. The standard InChI is InChI=1S/C13H18BBrO3/c1-12(2)13(3,4)18-14(17-12)9-6-7-11(16-5)10(15)8-9/h6-8H,1-5H3. The minimum Gasteiger partial charge on any atom is -0.496 e. The largest absolute Gasteiger partial charge is 0.496 e. The van der Waals surface area contributed by atoms with Gasteiger partial charge in [0, 0.05) is 0 Å². The molecule has 1 aromatic rings. The van der Waals surface area contributed by atoms with Gasteiger partial charge in [-0.1, -0.05) is 6.07 Å². The van der Waals surface area contributed by atoms with Crippen LogP contribution in [-0.2, 0) is 9.31 Å². The summed E-state index contributed by atoms with van der Waals surface area (Å²) in [5.41, 5.74) is 0.357. The Morgan fingerprint density at radius 1 is 1.11 bits per heavy atom. The first-order valence-corrected chi connectivity index (χ1v) is 6.75. The first-order chi connectivity index (χ1) is 8.27. The number of benzene rings is 1. The van der Waals surface area contributed by atoms with Crippen LogP contribution in [0.3, 0.4) is 0 Å². The Morgan fingerprint density at radius 2 is 1.67 bits per heavy atom. The van der Waals surface area contributed by atoms with Crippen LogP contribution in [0.15, 0.2) is 22.7 Å². The Kier molecular flexibility index (Phi) is 3.51. The van der Waals surface area contributed by atoms with Crippen molar-refractivity contribution in [2.75, 3.05) is 7.11 Å². The zero-order valence-electron chi connectivity index (χ0n) is 11.4. The fraction of sp³-hybridized carbons (Fsp3) is 0.538. The highest BCUT2D eigenvalue weighted by Crippen LogP contribution is 2.36. The van der Waals surface area contributed by atoms with Gasteiger partial charge >= 0.3 is 7.12 Å². The van der Waals surface area contributed by atoms with Crippen LogP contribution in [-0.4, -0.2) is 25.4 Å². The van der Waals surface area contributed by atoms with Gasteiger partial charge in [0.25, 0.3) is 0 Å². The van der Waals surface area contributed by atoms with Crippen molar-refractivity contribution in [3.8, 4) is 5.75 Å². The third-order valence-corrected chi connectivity index (χ3v) is 4.32. The summed E-state index contributed by atoms with van der Waals surface area (Å²) in [5, 5.41) is 0. The number of halogens is 1. The maximum absolute atomic E-state index is 5.99. The molecule has 2 rings (SSSR count). The fourth-order valence-corrected chi connectivity index (χ4v) is 2.37. The third-order valence-electron chi connectivity index (χ3n) is 3.70. The van der Waals surface area contributed by atoms with Gasteiger partial charge in [-0.25, -0.2) is 0 Å². The molecule has 0 amide bonds. The molecule has 0 aromatic heterocycles. The number of hydrogen-bond acceptors (Lipinski definition) is 3. The van der Waals surface area contributed by atoms with Crippen molar-refractivity contribution in [3.05, 3.63) is 22.7 Å². The Bertz CT molecular complexity index is 444. The molecule has 5 heteroatoms. The molecule has 0 radical (unpaired) electrons. The van der Waals surface area contributed by atoms with Crippen molar-refractivity contribution in [1.29, 1.82) is 0 Å². The zero-order chi connectivity index (χ0) is 13.6. The molecule has 0 atom stereocenters. The maximum atomic E-state index is 5.99. The van der Waals surface area contributed by atoms with Gasteiger partial charge in [-0.3, -0.25) is 0 Å². The highest BCUT2D eigenvalue weighted by molar-refractivity contribution is 9.10. The minimum absolute atomic E-state index is 0.315. The lowest BCUT2D eigenvalue weighted by Gasteiger charge is -2.32. The molecule has 0 unspecified atom stereocenters. The topological polar surface area (TPSA) is 27.7 Å². The van der Waals surface area contributed by atoms with E-state index < -0.39 is 0 Å². The highest BCUT2D eigenvalue weighted by atomic mass is 79.9. The van der Waals surface area contributed by atoms with Crippen LogP contribution in [0.1, 0.15) is 27.7 Å². The zero-order valence-corrected chi connectivity index (χ0v) is 13.0. The second-order valence-corrected chi connectivity index (χ2v) is 6.34. The number of methoxy groups -OCH3 is 1. The Hall–Kier alpha value is -0.515. The summed E-state index contributed by atoms with van der Waals surface area (Å²) in [6.07, 6.45) is 0. The maximum Gasteiger partial charge on any atom is 0.494 e. The summed E-state index contributed by atoms with van der Waals surface area (Å²) in [5.74, 6) is 0.801. The molecule has 1 fully saturated rings. The van der Waals surface area contributed by atoms with Crippen molar-refractivity contribution in [3.63, 3.8) is 0 Å². The molecule has 98 valence electrons. The van der Waals surface area contributed by atoms with Gasteiger partial charge in [0.05, 0.1) is 22.8 Å². The van der Waals surface area contributed by atoms with Crippen LogP contribution in [0.2, 0.25) is 0 Å².